The van der Waals surface area contributed by atoms with Gasteiger partial charge >= 0.3 is 0 Å². The third-order valence-corrected chi connectivity index (χ3v) is 5.47. The highest BCUT2D eigenvalue weighted by Gasteiger charge is 2.35. The minimum Gasteiger partial charge on any atom is -0.497 e. The lowest BCUT2D eigenvalue weighted by Gasteiger charge is -2.16. The predicted molar refractivity (Wildman–Crippen MR) is 126 cm³/mol. The topological polar surface area (TPSA) is 80.2 Å². The van der Waals surface area contributed by atoms with E-state index in [1.165, 1.54) is 18.3 Å². The molecule has 174 valence electrons. The molecule has 1 N–H and O–H groups in total. The second-order valence-electron chi connectivity index (χ2n) is 7.82. The van der Waals surface area contributed by atoms with Crippen LogP contribution in [0.1, 0.15) is 17.5 Å². The van der Waals surface area contributed by atoms with Gasteiger partial charge < -0.3 is 14.4 Å². The van der Waals surface area contributed by atoms with Gasteiger partial charge in [0.1, 0.15) is 23.9 Å². The minimum atomic E-state index is -0.478. The van der Waals surface area contributed by atoms with Crippen LogP contribution >= 0.6 is 0 Å². The molecule has 3 aromatic carbocycles. The van der Waals surface area contributed by atoms with Crippen LogP contribution in [0.5, 0.6) is 11.5 Å². The van der Waals surface area contributed by atoms with Gasteiger partial charge in [-0.05, 0) is 71.8 Å². The maximum atomic E-state index is 13.0. The molecule has 1 heterocycles. The number of methoxy groups -OCH3 is 1. The maximum absolute atomic E-state index is 13.0. The molecule has 4 rings (SSSR count). The molecule has 0 aromatic heterocycles. The van der Waals surface area contributed by atoms with Gasteiger partial charge in [0.05, 0.1) is 19.2 Å². The molecule has 0 saturated carbocycles. The number of anilines is 1. The standard InChI is InChI=1S/C26H24FN3O4/c1-33-23-12-8-22(9-13-23)30-16-20(14-25(30)31)26(32)29-28-15-18-4-10-24(11-5-18)34-17-19-2-6-21(27)7-3-19/h2-13,15,20H,14,16-17H2,1H3,(H,29,32)/b28-15+/t20-/m0/s1. The highest BCUT2D eigenvalue weighted by molar-refractivity contribution is 6.00. The van der Waals surface area contributed by atoms with E-state index in [0.29, 0.717) is 24.7 Å². The Hall–Kier alpha value is -4.20. The largest absolute Gasteiger partial charge is 0.497 e. The van der Waals surface area contributed by atoms with Crippen LogP contribution < -0.4 is 19.8 Å². The molecule has 0 aliphatic carbocycles. The van der Waals surface area contributed by atoms with E-state index in [1.807, 2.05) is 0 Å². The average Bonchev–Trinajstić information content (AvgIpc) is 3.26. The fourth-order valence-corrected chi connectivity index (χ4v) is 3.55. The Balaban J connectivity index is 1.26. The van der Waals surface area contributed by atoms with Crippen LogP contribution in [0, 0.1) is 11.7 Å². The SMILES string of the molecule is COc1ccc(N2C[C@@H](C(=O)N/N=C/c3ccc(OCc4ccc(F)cc4)cc3)CC2=O)cc1. The van der Waals surface area contributed by atoms with Gasteiger partial charge in [-0.25, -0.2) is 9.82 Å². The van der Waals surface area contributed by atoms with E-state index in [4.69, 9.17) is 9.47 Å². The monoisotopic (exact) mass is 461 g/mol. The number of hydrogen-bond acceptors (Lipinski definition) is 5. The number of carbonyl (C=O) groups is 2. The smallest absolute Gasteiger partial charge is 0.245 e. The Labute approximate surface area is 196 Å². The van der Waals surface area contributed by atoms with Gasteiger partial charge in [-0.15, -0.1) is 0 Å². The van der Waals surface area contributed by atoms with Gasteiger partial charge in [0.25, 0.3) is 0 Å². The summed E-state index contributed by atoms with van der Waals surface area (Å²) in [5, 5.41) is 4.02. The first-order chi connectivity index (χ1) is 16.5. The molecule has 8 heteroatoms. The zero-order chi connectivity index (χ0) is 23.9. The summed E-state index contributed by atoms with van der Waals surface area (Å²) in [6, 6.07) is 20.5. The van der Waals surface area contributed by atoms with Crippen molar-refractivity contribution in [1.82, 2.24) is 5.43 Å². The first-order valence-corrected chi connectivity index (χ1v) is 10.8. The molecule has 7 nitrogen and oxygen atoms in total. The Kier molecular flexibility index (Phi) is 7.17. The fraction of sp³-hybridized carbons (Fsp3) is 0.192. The molecule has 0 spiro atoms. The first kappa shape index (κ1) is 23.0. The summed E-state index contributed by atoms with van der Waals surface area (Å²) in [7, 11) is 1.58. The van der Waals surface area contributed by atoms with Crippen LogP contribution in [0.3, 0.4) is 0 Å². The number of nitrogens with zero attached hydrogens (tertiary/aromatic N) is 2. The number of hydrazone groups is 1. The number of carbonyl (C=O) groups excluding carboxylic acids is 2. The molecule has 0 unspecified atom stereocenters. The van der Waals surface area contributed by atoms with Crippen molar-refractivity contribution in [2.24, 2.45) is 11.0 Å². The normalized spacial score (nSPS) is 15.5. The van der Waals surface area contributed by atoms with Gasteiger partial charge in [-0.1, -0.05) is 12.1 Å². The Bertz CT molecular complexity index is 1160. The van der Waals surface area contributed by atoms with Gasteiger partial charge in [0, 0.05) is 18.7 Å². The van der Waals surface area contributed by atoms with E-state index >= 15 is 0 Å². The van der Waals surface area contributed by atoms with Crippen molar-refractivity contribution in [3.63, 3.8) is 0 Å². The quantitative estimate of drug-likeness (QED) is 0.407. The number of ether oxygens (including phenoxy) is 2. The third kappa shape index (κ3) is 5.78. The molecule has 34 heavy (non-hydrogen) atoms. The molecule has 3 aromatic rings. The molecule has 0 radical (unpaired) electrons. The summed E-state index contributed by atoms with van der Waals surface area (Å²) in [5.41, 5.74) is 4.89. The summed E-state index contributed by atoms with van der Waals surface area (Å²) >= 11 is 0. The predicted octanol–water partition coefficient (Wildman–Crippen LogP) is 3.92. The summed E-state index contributed by atoms with van der Waals surface area (Å²) in [6.45, 7) is 0.629. The molecule has 2 amide bonds. The molecule has 1 saturated heterocycles. The molecule has 1 fully saturated rings. The number of nitrogens with one attached hydrogen (secondary N) is 1. The van der Waals surface area contributed by atoms with Crippen LogP contribution in [-0.2, 0) is 16.2 Å². The van der Waals surface area contributed by atoms with Gasteiger partial charge in [0.15, 0.2) is 0 Å². The second kappa shape index (κ2) is 10.6. The van der Waals surface area contributed by atoms with Gasteiger partial charge in [-0.2, -0.15) is 5.10 Å². The Morgan fingerprint density at radius 1 is 1.06 bits per heavy atom. The van der Waals surface area contributed by atoms with Crippen LogP contribution in [0.2, 0.25) is 0 Å². The summed E-state index contributed by atoms with van der Waals surface area (Å²) < 4.78 is 23.8. The molecule has 1 atom stereocenters. The molecule has 1 aliphatic heterocycles. The second-order valence-corrected chi connectivity index (χ2v) is 7.82. The van der Waals surface area contributed by atoms with Crippen molar-refractivity contribution < 1.29 is 23.5 Å². The zero-order valence-corrected chi connectivity index (χ0v) is 18.6. The summed E-state index contributed by atoms with van der Waals surface area (Å²) in [5.74, 6) is 0.188. The fourth-order valence-electron chi connectivity index (χ4n) is 3.55. The van der Waals surface area contributed by atoms with E-state index in [0.717, 1.165) is 16.8 Å². The number of halogens is 1. The zero-order valence-electron chi connectivity index (χ0n) is 18.6. The highest BCUT2D eigenvalue weighted by atomic mass is 19.1. The highest BCUT2D eigenvalue weighted by Crippen LogP contribution is 2.27. The van der Waals surface area contributed by atoms with Crippen molar-refractivity contribution in [1.29, 1.82) is 0 Å². The lowest BCUT2D eigenvalue weighted by molar-refractivity contribution is -0.126. The van der Waals surface area contributed by atoms with E-state index in [-0.39, 0.29) is 24.1 Å². The van der Waals surface area contributed by atoms with E-state index in [1.54, 1.807) is 72.7 Å². The van der Waals surface area contributed by atoms with Crippen molar-refractivity contribution in [2.45, 2.75) is 13.0 Å². The molecular weight excluding hydrogens is 437 g/mol. The lowest BCUT2D eigenvalue weighted by Crippen LogP contribution is -2.30. The van der Waals surface area contributed by atoms with Crippen molar-refractivity contribution in [3.8, 4) is 11.5 Å². The lowest BCUT2D eigenvalue weighted by atomic mass is 10.1. The number of amides is 2. The molecule has 1 aliphatic rings. The van der Waals surface area contributed by atoms with Crippen molar-refractivity contribution >= 4 is 23.7 Å². The Morgan fingerprint density at radius 2 is 1.74 bits per heavy atom. The maximum Gasteiger partial charge on any atom is 0.245 e. The summed E-state index contributed by atoms with van der Waals surface area (Å²) in [6.07, 6.45) is 1.66. The number of benzene rings is 3. The van der Waals surface area contributed by atoms with E-state index in [2.05, 4.69) is 10.5 Å². The van der Waals surface area contributed by atoms with Crippen LogP contribution in [0.4, 0.5) is 10.1 Å². The van der Waals surface area contributed by atoms with Crippen LogP contribution in [0.25, 0.3) is 0 Å². The number of rotatable bonds is 8. The molecular formula is C26H24FN3O4. The van der Waals surface area contributed by atoms with Gasteiger partial charge in [0.2, 0.25) is 11.8 Å². The molecule has 0 bridgehead atoms. The van der Waals surface area contributed by atoms with Crippen LogP contribution in [-0.4, -0.2) is 31.7 Å². The van der Waals surface area contributed by atoms with Crippen molar-refractivity contribution in [3.05, 3.63) is 89.7 Å². The summed E-state index contributed by atoms with van der Waals surface area (Å²) in [4.78, 5) is 26.5. The third-order valence-electron chi connectivity index (χ3n) is 5.47. The Morgan fingerprint density at radius 3 is 2.41 bits per heavy atom. The van der Waals surface area contributed by atoms with E-state index in [9.17, 15) is 14.0 Å². The van der Waals surface area contributed by atoms with E-state index < -0.39 is 5.92 Å². The number of hydrogen-bond donors (Lipinski definition) is 1. The van der Waals surface area contributed by atoms with Crippen LogP contribution in [0.15, 0.2) is 77.9 Å². The van der Waals surface area contributed by atoms with Crippen molar-refractivity contribution in [2.75, 3.05) is 18.6 Å². The van der Waals surface area contributed by atoms with Gasteiger partial charge in [-0.3, -0.25) is 9.59 Å². The average molecular weight is 461 g/mol. The minimum absolute atomic E-state index is 0.106. The first-order valence-electron chi connectivity index (χ1n) is 10.8.